The predicted octanol–water partition coefficient (Wildman–Crippen LogP) is 4.82. The Kier molecular flexibility index (Phi) is 7.17. The van der Waals surface area contributed by atoms with E-state index < -0.39 is 29.5 Å². The highest BCUT2D eigenvalue weighted by Crippen LogP contribution is 2.38. The first-order chi connectivity index (χ1) is 15.6. The Hall–Kier alpha value is -3.66. The van der Waals surface area contributed by atoms with Gasteiger partial charge in [-0.3, -0.25) is 4.79 Å². The quantitative estimate of drug-likeness (QED) is 0.490. The molecule has 0 spiro atoms. The van der Waals surface area contributed by atoms with E-state index in [1.165, 1.54) is 31.5 Å². The predicted molar refractivity (Wildman–Crippen MR) is 112 cm³/mol. The maximum Gasteiger partial charge on any atom is 0.416 e. The summed E-state index contributed by atoms with van der Waals surface area (Å²) in [4.78, 5) is 16.7. The first-order valence-corrected chi connectivity index (χ1v) is 9.73. The number of benzene rings is 2. The molecule has 0 fully saturated rings. The minimum atomic E-state index is -4.50. The number of pyridine rings is 1. The van der Waals surface area contributed by atoms with Crippen LogP contribution in [0.5, 0.6) is 17.4 Å². The van der Waals surface area contributed by atoms with Crippen molar-refractivity contribution in [1.82, 2.24) is 10.3 Å². The highest BCUT2D eigenvalue weighted by molar-refractivity contribution is 5.96. The number of halogens is 4. The van der Waals surface area contributed by atoms with Crippen molar-refractivity contribution in [2.75, 3.05) is 13.7 Å². The molecule has 10 heteroatoms. The molecule has 3 rings (SSSR count). The molecule has 6 nitrogen and oxygen atoms in total. The van der Waals surface area contributed by atoms with Gasteiger partial charge in [0.05, 0.1) is 24.8 Å². The van der Waals surface area contributed by atoms with Gasteiger partial charge in [-0.2, -0.15) is 13.2 Å². The highest BCUT2D eigenvalue weighted by atomic mass is 19.4. The Morgan fingerprint density at radius 1 is 1.12 bits per heavy atom. The van der Waals surface area contributed by atoms with Crippen molar-refractivity contribution in [1.29, 1.82) is 0 Å². The van der Waals surface area contributed by atoms with Crippen molar-refractivity contribution in [2.24, 2.45) is 0 Å². The summed E-state index contributed by atoms with van der Waals surface area (Å²) < 4.78 is 63.2. The Morgan fingerprint density at radius 3 is 2.42 bits per heavy atom. The number of carbonyl (C=O) groups excluding carboxylic acids is 1. The second-order valence-electron chi connectivity index (χ2n) is 7.10. The monoisotopic (exact) mass is 464 g/mol. The van der Waals surface area contributed by atoms with E-state index in [-0.39, 0.29) is 35.1 Å². The van der Waals surface area contributed by atoms with Crippen LogP contribution < -0.4 is 14.8 Å². The summed E-state index contributed by atoms with van der Waals surface area (Å²) in [6, 6.07) is 8.66. The molecule has 1 unspecified atom stereocenters. The molecule has 0 bridgehead atoms. The van der Waals surface area contributed by atoms with Crippen molar-refractivity contribution in [3.63, 3.8) is 0 Å². The third-order valence-electron chi connectivity index (χ3n) is 4.61. The standard InChI is InChI=1S/C23H20F4N2O4/c1-13(12-30)29-21(31)14-9-19(18-8-5-16(24)10-20(18)32-2)22(28-11-14)33-17-6-3-15(4-7-17)23(25,26)27/h3-11,13,30H,12H2,1-2H3,(H,29,31). The summed E-state index contributed by atoms with van der Waals surface area (Å²) in [5.41, 5.74) is -0.126. The number of ether oxygens (including phenoxy) is 2. The molecule has 0 saturated heterocycles. The second kappa shape index (κ2) is 9.86. The molecule has 0 aliphatic rings. The Morgan fingerprint density at radius 2 is 1.82 bits per heavy atom. The van der Waals surface area contributed by atoms with Crippen LogP contribution in [0.2, 0.25) is 0 Å². The number of nitrogens with zero attached hydrogens (tertiary/aromatic N) is 1. The third kappa shape index (κ3) is 5.78. The number of nitrogens with one attached hydrogen (secondary N) is 1. The molecule has 174 valence electrons. The molecule has 2 N–H and O–H groups in total. The number of hydrogen-bond acceptors (Lipinski definition) is 5. The molecule has 1 amide bonds. The molecular weight excluding hydrogens is 444 g/mol. The van der Waals surface area contributed by atoms with Crippen molar-refractivity contribution in [3.05, 3.63) is 71.7 Å². The van der Waals surface area contributed by atoms with Gasteiger partial charge in [0.2, 0.25) is 5.88 Å². The molecule has 1 atom stereocenters. The fraction of sp³-hybridized carbons (Fsp3) is 0.217. The SMILES string of the molecule is COc1cc(F)ccc1-c1cc(C(=O)NC(C)CO)cnc1Oc1ccc(C(F)(F)F)cc1. The number of carbonyl (C=O) groups is 1. The zero-order valence-corrected chi connectivity index (χ0v) is 17.6. The average Bonchev–Trinajstić information content (AvgIpc) is 2.79. The van der Waals surface area contributed by atoms with Gasteiger partial charge in [-0.1, -0.05) is 0 Å². The van der Waals surface area contributed by atoms with Gasteiger partial charge < -0.3 is 19.9 Å². The Bertz CT molecular complexity index is 1130. The summed E-state index contributed by atoms with van der Waals surface area (Å²) in [7, 11) is 1.33. The fourth-order valence-corrected chi connectivity index (χ4v) is 2.91. The fourth-order valence-electron chi connectivity index (χ4n) is 2.91. The number of rotatable bonds is 7. The summed E-state index contributed by atoms with van der Waals surface area (Å²) >= 11 is 0. The van der Waals surface area contributed by atoms with Crippen molar-refractivity contribution >= 4 is 5.91 Å². The van der Waals surface area contributed by atoms with Crippen LogP contribution in [0.4, 0.5) is 17.6 Å². The van der Waals surface area contributed by atoms with Crippen LogP contribution >= 0.6 is 0 Å². The van der Waals surface area contributed by atoms with E-state index >= 15 is 0 Å². The molecule has 33 heavy (non-hydrogen) atoms. The number of aliphatic hydroxyl groups is 1. The van der Waals surface area contributed by atoms with Gasteiger partial charge in [0.1, 0.15) is 17.3 Å². The smallest absolute Gasteiger partial charge is 0.416 e. The van der Waals surface area contributed by atoms with Gasteiger partial charge in [0.25, 0.3) is 5.91 Å². The number of methoxy groups -OCH3 is 1. The summed E-state index contributed by atoms with van der Waals surface area (Å²) in [6.07, 6.45) is -3.28. The van der Waals surface area contributed by atoms with Crippen molar-refractivity contribution in [2.45, 2.75) is 19.1 Å². The van der Waals surface area contributed by atoms with Crippen molar-refractivity contribution < 1.29 is 36.9 Å². The summed E-state index contributed by atoms with van der Waals surface area (Å²) in [5, 5.41) is 11.7. The van der Waals surface area contributed by atoms with E-state index in [1.807, 2.05) is 0 Å². The lowest BCUT2D eigenvalue weighted by Gasteiger charge is -2.16. The molecule has 2 aromatic carbocycles. The molecular formula is C23H20F4N2O4. The average molecular weight is 464 g/mol. The van der Waals surface area contributed by atoms with E-state index in [0.717, 1.165) is 30.3 Å². The molecule has 1 aromatic heterocycles. The molecule has 0 saturated carbocycles. The number of hydrogen-bond donors (Lipinski definition) is 2. The number of amides is 1. The molecule has 0 radical (unpaired) electrons. The summed E-state index contributed by atoms with van der Waals surface area (Å²) in [6.45, 7) is 1.34. The van der Waals surface area contributed by atoms with Crippen LogP contribution in [-0.4, -0.2) is 35.8 Å². The first-order valence-electron chi connectivity index (χ1n) is 9.73. The maximum absolute atomic E-state index is 13.7. The topological polar surface area (TPSA) is 80.7 Å². The lowest BCUT2D eigenvalue weighted by Crippen LogP contribution is -2.35. The normalized spacial score (nSPS) is 12.2. The van der Waals surface area contributed by atoms with Gasteiger partial charge in [-0.05, 0) is 49.4 Å². The highest BCUT2D eigenvalue weighted by Gasteiger charge is 2.30. The third-order valence-corrected chi connectivity index (χ3v) is 4.61. The van der Waals surface area contributed by atoms with Crippen molar-refractivity contribution in [3.8, 4) is 28.5 Å². The largest absolute Gasteiger partial charge is 0.496 e. The summed E-state index contributed by atoms with van der Waals surface area (Å²) in [5.74, 6) is -0.905. The van der Waals surface area contributed by atoms with Crippen LogP contribution in [-0.2, 0) is 6.18 Å². The Labute approximate surface area is 186 Å². The zero-order chi connectivity index (χ0) is 24.2. The van der Waals surface area contributed by atoms with E-state index in [4.69, 9.17) is 14.6 Å². The molecule has 0 aliphatic heterocycles. The van der Waals surface area contributed by atoms with Crippen LogP contribution in [0.15, 0.2) is 54.7 Å². The van der Waals surface area contributed by atoms with Gasteiger partial charge in [0, 0.05) is 29.4 Å². The number of aromatic nitrogens is 1. The van der Waals surface area contributed by atoms with Gasteiger partial charge >= 0.3 is 6.18 Å². The zero-order valence-electron chi connectivity index (χ0n) is 17.6. The minimum absolute atomic E-state index is 0.0357. The van der Waals surface area contributed by atoms with E-state index in [1.54, 1.807) is 6.92 Å². The van der Waals surface area contributed by atoms with Crippen LogP contribution in [0.25, 0.3) is 11.1 Å². The Balaban J connectivity index is 2.05. The lowest BCUT2D eigenvalue weighted by atomic mass is 10.0. The molecule has 1 heterocycles. The van der Waals surface area contributed by atoms with E-state index in [2.05, 4.69) is 10.3 Å². The molecule has 0 aliphatic carbocycles. The van der Waals surface area contributed by atoms with Crippen LogP contribution in [0.3, 0.4) is 0 Å². The maximum atomic E-state index is 13.7. The van der Waals surface area contributed by atoms with Crippen LogP contribution in [0.1, 0.15) is 22.8 Å². The minimum Gasteiger partial charge on any atom is -0.496 e. The number of alkyl halides is 3. The van der Waals surface area contributed by atoms with Crippen LogP contribution in [0, 0.1) is 5.82 Å². The van der Waals surface area contributed by atoms with E-state index in [9.17, 15) is 22.4 Å². The molecule has 3 aromatic rings. The first kappa shape index (κ1) is 24.0. The van der Waals surface area contributed by atoms with Gasteiger partial charge in [-0.25, -0.2) is 9.37 Å². The lowest BCUT2D eigenvalue weighted by molar-refractivity contribution is -0.137. The number of aliphatic hydroxyl groups excluding tert-OH is 1. The van der Waals surface area contributed by atoms with Gasteiger partial charge in [0.15, 0.2) is 0 Å². The second-order valence-corrected chi connectivity index (χ2v) is 7.10. The van der Waals surface area contributed by atoms with Gasteiger partial charge in [-0.15, -0.1) is 0 Å². The van der Waals surface area contributed by atoms with E-state index in [0.29, 0.717) is 5.56 Å².